The van der Waals surface area contributed by atoms with E-state index in [1.165, 1.54) is 5.69 Å². The van der Waals surface area contributed by atoms with Gasteiger partial charge in [-0.25, -0.2) is 4.98 Å². The van der Waals surface area contributed by atoms with E-state index in [-0.39, 0.29) is 0 Å². The van der Waals surface area contributed by atoms with Crippen LogP contribution in [-0.4, -0.2) is 48.2 Å². The number of rotatable bonds is 4. The van der Waals surface area contributed by atoms with Crippen LogP contribution in [-0.2, 0) is 0 Å². The number of piperazine rings is 1. The van der Waals surface area contributed by atoms with E-state index in [1.54, 1.807) is 7.11 Å². The van der Waals surface area contributed by atoms with Gasteiger partial charge in [-0.2, -0.15) is 0 Å². The molecule has 0 aliphatic carbocycles. The first-order valence-electron chi connectivity index (χ1n) is 8.70. The van der Waals surface area contributed by atoms with Crippen LogP contribution in [0.1, 0.15) is 0 Å². The van der Waals surface area contributed by atoms with Gasteiger partial charge in [-0.05, 0) is 30.3 Å². The van der Waals surface area contributed by atoms with Gasteiger partial charge < -0.3 is 14.5 Å². The van der Waals surface area contributed by atoms with Gasteiger partial charge in [0.2, 0.25) is 5.88 Å². The molecule has 132 valence electrons. The predicted octanol–water partition coefficient (Wildman–Crippen LogP) is 2.87. The Labute approximate surface area is 153 Å². The molecule has 0 unspecified atom stereocenters. The number of hydrogen-bond acceptors (Lipinski definition) is 6. The van der Waals surface area contributed by atoms with E-state index in [0.717, 1.165) is 43.1 Å². The van der Waals surface area contributed by atoms with Crippen LogP contribution in [0.4, 0.5) is 11.4 Å². The second-order valence-corrected chi connectivity index (χ2v) is 6.14. The van der Waals surface area contributed by atoms with Crippen LogP contribution in [0.5, 0.6) is 5.88 Å². The highest BCUT2D eigenvalue weighted by Gasteiger charge is 2.20. The molecule has 1 fully saturated rings. The smallest absolute Gasteiger partial charge is 0.212 e. The quantitative estimate of drug-likeness (QED) is 0.723. The van der Waals surface area contributed by atoms with E-state index in [0.29, 0.717) is 5.88 Å². The molecule has 0 N–H and O–H groups in total. The molecule has 6 nitrogen and oxygen atoms in total. The zero-order valence-corrected chi connectivity index (χ0v) is 14.7. The fraction of sp³-hybridized carbons (Fsp3) is 0.250. The largest absolute Gasteiger partial charge is 0.481 e. The zero-order valence-electron chi connectivity index (χ0n) is 14.7. The summed E-state index contributed by atoms with van der Waals surface area (Å²) in [6.45, 7) is 3.84. The molecule has 0 spiro atoms. The maximum Gasteiger partial charge on any atom is 0.212 e. The minimum absolute atomic E-state index is 0.609. The van der Waals surface area contributed by atoms with Crippen molar-refractivity contribution in [2.75, 3.05) is 43.1 Å². The third-order valence-electron chi connectivity index (χ3n) is 4.65. The molecule has 4 rings (SSSR count). The third kappa shape index (κ3) is 3.31. The molecule has 0 amide bonds. The van der Waals surface area contributed by atoms with Crippen molar-refractivity contribution in [1.82, 2.24) is 15.0 Å². The highest BCUT2D eigenvalue weighted by molar-refractivity contribution is 5.75. The first kappa shape index (κ1) is 16.3. The van der Waals surface area contributed by atoms with Crippen LogP contribution in [0.15, 0.2) is 61.2 Å². The Hall–Kier alpha value is -3.15. The number of aromatic nitrogens is 3. The van der Waals surface area contributed by atoms with Gasteiger partial charge in [0.1, 0.15) is 0 Å². The molecule has 1 aliphatic heterocycles. The molecule has 0 aromatic carbocycles. The van der Waals surface area contributed by atoms with Gasteiger partial charge in [-0.3, -0.25) is 9.97 Å². The van der Waals surface area contributed by atoms with Crippen molar-refractivity contribution in [1.29, 1.82) is 0 Å². The normalized spacial score (nSPS) is 14.3. The number of anilines is 2. The van der Waals surface area contributed by atoms with Gasteiger partial charge in [0, 0.05) is 68.3 Å². The molecule has 0 bridgehead atoms. The fourth-order valence-corrected chi connectivity index (χ4v) is 3.28. The predicted molar refractivity (Wildman–Crippen MR) is 103 cm³/mol. The van der Waals surface area contributed by atoms with E-state index < -0.39 is 0 Å². The highest BCUT2D eigenvalue weighted by Crippen LogP contribution is 2.30. The minimum atomic E-state index is 0.609. The highest BCUT2D eigenvalue weighted by atomic mass is 16.5. The van der Waals surface area contributed by atoms with Gasteiger partial charge in [0.15, 0.2) is 0 Å². The second kappa shape index (κ2) is 7.39. The number of pyridine rings is 3. The lowest BCUT2D eigenvalue weighted by Gasteiger charge is -2.37. The maximum absolute atomic E-state index is 5.15. The van der Waals surface area contributed by atoms with Gasteiger partial charge >= 0.3 is 0 Å². The Kier molecular flexibility index (Phi) is 4.64. The van der Waals surface area contributed by atoms with Crippen molar-refractivity contribution in [3.63, 3.8) is 0 Å². The molecule has 3 aromatic rings. The summed E-state index contributed by atoms with van der Waals surface area (Å²) in [6.07, 6.45) is 7.34. The number of ether oxygens (including phenoxy) is 1. The van der Waals surface area contributed by atoms with E-state index >= 15 is 0 Å². The van der Waals surface area contributed by atoms with Crippen molar-refractivity contribution in [3.05, 3.63) is 61.2 Å². The van der Waals surface area contributed by atoms with Crippen LogP contribution in [0.3, 0.4) is 0 Å². The van der Waals surface area contributed by atoms with E-state index in [9.17, 15) is 0 Å². The molecule has 1 saturated heterocycles. The summed E-state index contributed by atoms with van der Waals surface area (Å²) in [5, 5.41) is 0. The molecule has 4 heterocycles. The van der Waals surface area contributed by atoms with Crippen molar-refractivity contribution in [3.8, 4) is 17.1 Å². The SMILES string of the molecule is COc1ccc(-c2ncccc2N2CCN(c3ccncc3)CC2)cn1. The van der Waals surface area contributed by atoms with E-state index in [2.05, 4.69) is 43.0 Å². The molecule has 0 saturated carbocycles. The van der Waals surface area contributed by atoms with Crippen LogP contribution in [0, 0.1) is 0 Å². The first-order valence-corrected chi connectivity index (χ1v) is 8.70. The molecule has 6 heteroatoms. The van der Waals surface area contributed by atoms with Crippen LogP contribution in [0.25, 0.3) is 11.3 Å². The van der Waals surface area contributed by atoms with Crippen molar-refractivity contribution < 1.29 is 4.74 Å². The number of methoxy groups -OCH3 is 1. The van der Waals surface area contributed by atoms with Crippen molar-refractivity contribution in [2.45, 2.75) is 0 Å². The Balaban J connectivity index is 1.54. The zero-order chi connectivity index (χ0) is 17.8. The average Bonchev–Trinajstić information content (AvgIpc) is 2.75. The van der Waals surface area contributed by atoms with Crippen LogP contribution < -0.4 is 14.5 Å². The van der Waals surface area contributed by atoms with E-state index in [4.69, 9.17) is 4.74 Å². The van der Waals surface area contributed by atoms with Gasteiger partial charge in [0.05, 0.1) is 18.5 Å². The number of hydrogen-bond donors (Lipinski definition) is 0. The van der Waals surface area contributed by atoms with Gasteiger partial charge in [-0.1, -0.05) is 0 Å². The van der Waals surface area contributed by atoms with Crippen LogP contribution in [0.2, 0.25) is 0 Å². The van der Waals surface area contributed by atoms with Crippen molar-refractivity contribution in [2.24, 2.45) is 0 Å². The molecule has 1 aliphatic rings. The fourth-order valence-electron chi connectivity index (χ4n) is 3.28. The Bertz CT molecular complexity index is 846. The molecule has 3 aromatic heterocycles. The van der Waals surface area contributed by atoms with E-state index in [1.807, 2.05) is 43.0 Å². The van der Waals surface area contributed by atoms with Crippen molar-refractivity contribution >= 4 is 11.4 Å². The Morgan fingerprint density at radius 3 is 2.31 bits per heavy atom. The topological polar surface area (TPSA) is 54.4 Å². The summed E-state index contributed by atoms with van der Waals surface area (Å²) in [4.78, 5) is 17.8. The summed E-state index contributed by atoms with van der Waals surface area (Å²) in [5.74, 6) is 0.609. The summed E-state index contributed by atoms with van der Waals surface area (Å²) < 4.78 is 5.15. The standard InChI is InChI=1S/C20H21N5O/c1-26-19-5-4-16(15-23-19)20-18(3-2-8-22-20)25-13-11-24(12-14-25)17-6-9-21-10-7-17/h2-10,15H,11-14H2,1H3. The average molecular weight is 347 g/mol. The summed E-state index contributed by atoms with van der Waals surface area (Å²) in [5.41, 5.74) is 4.33. The Morgan fingerprint density at radius 1 is 0.846 bits per heavy atom. The molecular formula is C20H21N5O. The monoisotopic (exact) mass is 347 g/mol. The molecular weight excluding hydrogens is 326 g/mol. The van der Waals surface area contributed by atoms with Crippen LogP contribution >= 0.6 is 0 Å². The molecule has 0 atom stereocenters. The summed E-state index contributed by atoms with van der Waals surface area (Å²) >= 11 is 0. The van der Waals surface area contributed by atoms with Gasteiger partial charge in [0.25, 0.3) is 0 Å². The summed E-state index contributed by atoms with van der Waals surface area (Å²) in [7, 11) is 1.62. The lowest BCUT2D eigenvalue weighted by atomic mass is 10.1. The molecule has 0 radical (unpaired) electrons. The molecule has 26 heavy (non-hydrogen) atoms. The summed E-state index contributed by atoms with van der Waals surface area (Å²) in [6, 6.07) is 12.1. The first-order chi connectivity index (χ1) is 12.8. The maximum atomic E-state index is 5.15. The second-order valence-electron chi connectivity index (χ2n) is 6.14. The lowest BCUT2D eigenvalue weighted by molar-refractivity contribution is 0.398. The van der Waals surface area contributed by atoms with Gasteiger partial charge in [-0.15, -0.1) is 0 Å². The number of nitrogens with zero attached hydrogens (tertiary/aromatic N) is 5. The minimum Gasteiger partial charge on any atom is -0.481 e. The Morgan fingerprint density at radius 2 is 1.62 bits per heavy atom. The third-order valence-corrected chi connectivity index (χ3v) is 4.65. The lowest BCUT2D eigenvalue weighted by Crippen LogP contribution is -2.46.